The molecule has 4 aromatic rings. The average molecular weight is 512 g/mol. The minimum absolute atomic E-state index is 0.0655. The molecule has 38 heavy (non-hydrogen) atoms. The molecule has 2 amide bonds. The molecule has 2 N–H and O–H groups in total. The first-order chi connectivity index (χ1) is 18.4. The van der Waals surface area contributed by atoms with Crippen LogP contribution in [0.15, 0.2) is 61.1 Å². The van der Waals surface area contributed by atoms with E-state index >= 15 is 0 Å². The summed E-state index contributed by atoms with van der Waals surface area (Å²) in [5.74, 6) is 0.120. The van der Waals surface area contributed by atoms with Gasteiger partial charge >= 0.3 is 0 Å². The highest BCUT2D eigenvalue weighted by Gasteiger charge is 2.20. The Morgan fingerprint density at radius 1 is 0.947 bits per heavy atom. The van der Waals surface area contributed by atoms with E-state index in [-0.39, 0.29) is 11.8 Å². The van der Waals surface area contributed by atoms with Crippen molar-refractivity contribution in [1.82, 2.24) is 24.6 Å². The zero-order chi connectivity index (χ0) is 26.6. The van der Waals surface area contributed by atoms with E-state index in [9.17, 15) is 9.59 Å². The normalized spacial score (nSPS) is 13.3. The average Bonchev–Trinajstić information content (AvgIpc) is 3.37. The van der Waals surface area contributed by atoms with Crippen LogP contribution in [-0.4, -0.2) is 62.8 Å². The van der Waals surface area contributed by atoms with Crippen molar-refractivity contribution in [3.05, 3.63) is 83.3 Å². The molecule has 5 rings (SSSR count). The van der Waals surface area contributed by atoms with Crippen LogP contribution in [0.4, 0.5) is 17.3 Å². The highest BCUT2D eigenvalue weighted by molar-refractivity contribution is 6.05. The van der Waals surface area contributed by atoms with Gasteiger partial charge in [-0.25, -0.2) is 9.97 Å². The number of anilines is 3. The molecule has 10 heteroatoms. The van der Waals surface area contributed by atoms with Crippen LogP contribution in [0.25, 0.3) is 11.3 Å². The van der Waals surface area contributed by atoms with E-state index in [4.69, 9.17) is 4.74 Å². The zero-order valence-corrected chi connectivity index (χ0v) is 21.6. The summed E-state index contributed by atoms with van der Waals surface area (Å²) in [6.07, 6.45) is 5.44. The molecule has 1 fully saturated rings. The van der Waals surface area contributed by atoms with Gasteiger partial charge in [0, 0.05) is 60.6 Å². The maximum absolute atomic E-state index is 13.0. The topological polar surface area (TPSA) is 114 Å². The molecule has 1 aliphatic rings. The number of aromatic nitrogens is 4. The van der Waals surface area contributed by atoms with Crippen molar-refractivity contribution in [3.63, 3.8) is 0 Å². The molecular formula is C28H29N7O3. The number of amides is 2. The molecule has 2 aromatic heterocycles. The van der Waals surface area contributed by atoms with Gasteiger partial charge in [0.15, 0.2) is 0 Å². The third-order valence-corrected chi connectivity index (χ3v) is 6.38. The second kappa shape index (κ2) is 10.8. The van der Waals surface area contributed by atoms with Crippen molar-refractivity contribution in [1.29, 1.82) is 0 Å². The molecule has 10 nitrogen and oxygen atoms in total. The Bertz CT molecular complexity index is 1470. The lowest BCUT2D eigenvalue weighted by Gasteiger charge is -2.27. The summed E-state index contributed by atoms with van der Waals surface area (Å²) in [6, 6.07) is 12.4. The van der Waals surface area contributed by atoms with Gasteiger partial charge in [-0.05, 0) is 61.4 Å². The summed E-state index contributed by atoms with van der Waals surface area (Å²) in [6.45, 7) is 6.05. The number of nitrogens with one attached hydrogen (secondary N) is 2. The van der Waals surface area contributed by atoms with Gasteiger partial charge in [-0.1, -0.05) is 6.07 Å². The molecule has 2 aromatic carbocycles. The van der Waals surface area contributed by atoms with Crippen LogP contribution >= 0.6 is 0 Å². The molecule has 0 saturated carbocycles. The lowest BCUT2D eigenvalue weighted by molar-refractivity contribution is 0.0303. The van der Waals surface area contributed by atoms with Crippen molar-refractivity contribution in [2.24, 2.45) is 7.05 Å². The Morgan fingerprint density at radius 3 is 2.39 bits per heavy atom. The van der Waals surface area contributed by atoms with Gasteiger partial charge in [0.1, 0.15) is 0 Å². The molecule has 194 valence electrons. The van der Waals surface area contributed by atoms with Crippen LogP contribution in [-0.2, 0) is 11.8 Å². The van der Waals surface area contributed by atoms with E-state index in [0.717, 1.165) is 28.1 Å². The molecule has 0 radical (unpaired) electrons. The minimum Gasteiger partial charge on any atom is -0.378 e. The van der Waals surface area contributed by atoms with Crippen molar-refractivity contribution in [3.8, 4) is 11.3 Å². The molecular weight excluding hydrogens is 482 g/mol. The number of nitrogens with zero attached hydrogens (tertiary/aromatic N) is 5. The van der Waals surface area contributed by atoms with Gasteiger partial charge in [0.2, 0.25) is 5.95 Å². The maximum Gasteiger partial charge on any atom is 0.255 e. The third kappa shape index (κ3) is 5.55. The van der Waals surface area contributed by atoms with Gasteiger partial charge in [-0.15, -0.1) is 0 Å². The van der Waals surface area contributed by atoms with Gasteiger partial charge in [-0.2, -0.15) is 5.10 Å². The summed E-state index contributed by atoms with van der Waals surface area (Å²) in [4.78, 5) is 36.6. The number of aryl methyl sites for hydroxylation is 3. The smallest absolute Gasteiger partial charge is 0.255 e. The van der Waals surface area contributed by atoms with E-state index in [2.05, 4.69) is 25.7 Å². The number of rotatable bonds is 6. The molecule has 0 bridgehead atoms. The summed E-state index contributed by atoms with van der Waals surface area (Å²) in [5.41, 5.74) is 5.91. The van der Waals surface area contributed by atoms with Crippen molar-refractivity contribution in [2.75, 3.05) is 36.9 Å². The Hall–Kier alpha value is -4.57. The van der Waals surface area contributed by atoms with Crippen molar-refractivity contribution in [2.45, 2.75) is 13.8 Å². The monoisotopic (exact) mass is 511 g/mol. The first-order valence-corrected chi connectivity index (χ1v) is 12.4. The Balaban J connectivity index is 1.27. The summed E-state index contributed by atoms with van der Waals surface area (Å²) in [5, 5.41) is 10.4. The van der Waals surface area contributed by atoms with Crippen molar-refractivity contribution >= 4 is 29.1 Å². The number of ether oxygens (including phenoxy) is 1. The summed E-state index contributed by atoms with van der Waals surface area (Å²) < 4.78 is 7.07. The molecule has 0 unspecified atom stereocenters. The number of benzene rings is 2. The van der Waals surface area contributed by atoms with E-state index in [1.807, 2.05) is 33.2 Å². The van der Waals surface area contributed by atoms with Gasteiger partial charge in [-0.3, -0.25) is 14.3 Å². The highest BCUT2D eigenvalue weighted by Crippen LogP contribution is 2.23. The maximum atomic E-state index is 13.0. The largest absolute Gasteiger partial charge is 0.378 e. The number of carbonyl (C=O) groups is 2. The van der Waals surface area contributed by atoms with E-state index in [1.54, 1.807) is 58.4 Å². The van der Waals surface area contributed by atoms with Crippen molar-refractivity contribution < 1.29 is 14.3 Å². The number of morpholine rings is 1. The number of hydrogen-bond donors (Lipinski definition) is 2. The standard InChI is InChI=1S/C28H29N7O3/c1-18-4-5-21(27(37)35-10-12-38-13-11-35)14-24(18)32-26(36)20-6-8-23(9-7-20)31-28-29-15-19(2)25(33-28)22-16-30-34(3)17-22/h4-9,14-17H,10-13H2,1-3H3,(H,32,36)(H,29,31,33). The summed E-state index contributed by atoms with van der Waals surface area (Å²) in [7, 11) is 1.86. The van der Waals surface area contributed by atoms with E-state index < -0.39 is 0 Å². The molecule has 0 atom stereocenters. The highest BCUT2D eigenvalue weighted by atomic mass is 16.5. The number of hydrogen-bond acceptors (Lipinski definition) is 7. The Morgan fingerprint density at radius 2 is 1.68 bits per heavy atom. The van der Waals surface area contributed by atoms with Crippen LogP contribution in [0.5, 0.6) is 0 Å². The fourth-order valence-corrected chi connectivity index (χ4v) is 4.21. The predicted molar refractivity (Wildman–Crippen MR) is 145 cm³/mol. The fraction of sp³-hybridized carbons (Fsp3) is 0.250. The molecule has 0 spiro atoms. The Labute approximate surface area is 220 Å². The van der Waals surface area contributed by atoms with Crippen LogP contribution < -0.4 is 10.6 Å². The SMILES string of the molecule is Cc1ccc(C(=O)N2CCOCC2)cc1NC(=O)c1ccc(Nc2ncc(C)c(-c3cnn(C)c3)n2)cc1. The van der Waals surface area contributed by atoms with Crippen LogP contribution in [0.2, 0.25) is 0 Å². The second-order valence-corrected chi connectivity index (χ2v) is 9.22. The Kier molecular flexibility index (Phi) is 7.14. The molecule has 0 aliphatic carbocycles. The lowest BCUT2D eigenvalue weighted by Crippen LogP contribution is -2.40. The van der Waals surface area contributed by atoms with Gasteiger partial charge in [0.25, 0.3) is 11.8 Å². The number of carbonyl (C=O) groups excluding carboxylic acids is 2. The zero-order valence-electron chi connectivity index (χ0n) is 21.6. The minimum atomic E-state index is -0.263. The van der Waals surface area contributed by atoms with Crippen LogP contribution in [0.3, 0.4) is 0 Å². The third-order valence-electron chi connectivity index (χ3n) is 6.38. The predicted octanol–water partition coefficient (Wildman–Crippen LogP) is 3.96. The van der Waals surface area contributed by atoms with Gasteiger partial charge < -0.3 is 20.3 Å². The summed E-state index contributed by atoms with van der Waals surface area (Å²) >= 11 is 0. The first kappa shape index (κ1) is 25.1. The molecule has 3 heterocycles. The lowest BCUT2D eigenvalue weighted by atomic mass is 10.1. The van der Waals surface area contributed by atoms with Gasteiger partial charge in [0.05, 0.1) is 25.1 Å². The molecule has 1 aliphatic heterocycles. The second-order valence-electron chi connectivity index (χ2n) is 9.22. The molecule has 1 saturated heterocycles. The van der Waals surface area contributed by atoms with Crippen LogP contribution in [0, 0.1) is 13.8 Å². The quantitative estimate of drug-likeness (QED) is 0.403. The van der Waals surface area contributed by atoms with Crippen LogP contribution in [0.1, 0.15) is 31.8 Å². The first-order valence-electron chi connectivity index (χ1n) is 12.4. The fourth-order valence-electron chi connectivity index (χ4n) is 4.21. The van der Waals surface area contributed by atoms with E-state index in [1.165, 1.54) is 0 Å². The van der Waals surface area contributed by atoms with E-state index in [0.29, 0.717) is 49.1 Å².